The van der Waals surface area contributed by atoms with Crippen molar-refractivity contribution in [3.05, 3.63) is 64.4 Å². The van der Waals surface area contributed by atoms with Crippen LogP contribution in [0, 0.1) is 5.82 Å². The van der Waals surface area contributed by atoms with Crippen LogP contribution in [-0.4, -0.2) is 11.6 Å². The second kappa shape index (κ2) is 7.88. The van der Waals surface area contributed by atoms with Crippen LogP contribution >= 0.6 is 11.6 Å². The largest absolute Gasteiger partial charge is 0.488 e. The predicted octanol–water partition coefficient (Wildman–Crippen LogP) is 4.61. The van der Waals surface area contributed by atoms with Crippen LogP contribution in [-0.2, 0) is 11.4 Å². The lowest BCUT2D eigenvalue weighted by atomic mass is 10.0. The molecule has 0 N–H and O–H groups in total. The van der Waals surface area contributed by atoms with Crippen LogP contribution in [0.4, 0.5) is 4.39 Å². The van der Waals surface area contributed by atoms with E-state index in [-0.39, 0.29) is 47.4 Å². The molecular formula is C18H16ClFO3. The zero-order chi connectivity index (χ0) is 16.8. The minimum absolute atomic E-state index is 0.0563. The number of hydrogen-bond acceptors (Lipinski definition) is 3. The topological polar surface area (TPSA) is 43.4 Å². The molecule has 2 aromatic rings. The highest BCUT2D eigenvalue weighted by molar-refractivity contribution is 6.34. The smallest absolute Gasteiger partial charge is 0.168 e. The maximum atomic E-state index is 12.9. The lowest BCUT2D eigenvalue weighted by Crippen LogP contribution is -2.07. The predicted molar refractivity (Wildman–Crippen MR) is 86.4 cm³/mol. The Balaban J connectivity index is 2.15. The van der Waals surface area contributed by atoms with Crippen LogP contribution in [0.15, 0.2) is 42.5 Å². The number of ketones is 2. The summed E-state index contributed by atoms with van der Waals surface area (Å²) in [5.41, 5.74) is 1.05. The van der Waals surface area contributed by atoms with Crippen molar-refractivity contribution in [1.82, 2.24) is 0 Å². The molecule has 0 aliphatic heterocycles. The second-order valence-corrected chi connectivity index (χ2v) is 5.56. The third-order valence-corrected chi connectivity index (χ3v) is 3.58. The maximum Gasteiger partial charge on any atom is 0.168 e. The van der Waals surface area contributed by atoms with Gasteiger partial charge in [0.05, 0.1) is 10.6 Å². The molecule has 2 rings (SSSR count). The summed E-state index contributed by atoms with van der Waals surface area (Å²) in [5, 5.41) is 0.287. The van der Waals surface area contributed by atoms with Crippen LogP contribution in [0.25, 0.3) is 0 Å². The Labute approximate surface area is 139 Å². The summed E-state index contributed by atoms with van der Waals surface area (Å²) >= 11 is 6.11. The number of carbonyl (C=O) groups is 2. The van der Waals surface area contributed by atoms with Gasteiger partial charge in [-0.1, -0.05) is 29.8 Å². The standard InChI is InChI=1S/C18H16ClFO3/c1-12(21)5-10-16(22)18-15(19)3-2-4-17(18)23-11-13-6-8-14(20)9-7-13/h2-4,6-9H,5,10-11H2,1H3. The highest BCUT2D eigenvalue weighted by Gasteiger charge is 2.17. The lowest BCUT2D eigenvalue weighted by molar-refractivity contribution is -0.116. The fourth-order valence-corrected chi connectivity index (χ4v) is 2.32. The average molecular weight is 335 g/mol. The number of hydrogen-bond donors (Lipinski definition) is 0. The van der Waals surface area contributed by atoms with Crippen molar-refractivity contribution in [2.45, 2.75) is 26.4 Å². The van der Waals surface area contributed by atoms with E-state index < -0.39 is 0 Å². The second-order valence-electron chi connectivity index (χ2n) is 5.15. The van der Waals surface area contributed by atoms with E-state index in [1.54, 1.807) is 30.3 Å². The molecule has 0 atom stereocenters. The van der Waals surface area contributed by atoms with Crippen LogP contribution in [0.3, 0.4) is 0 Å². The zero-order valence-corrected chi connectivity index (χ0v) is 13.4. The summed E-state index contributed by atoms with van der Waals surface area (Å²) in [6.45, 7) is 1.62. The van der Waals surface area contributed by atoms with Gasteiger partial charge in [-0.05, 0) is 36.8 Å². The molecule has 5 heteroatoms. The van der Waals surface area contributed by atoms with Gasteiger partial charge >= 0.3 is 0 Å². The first-order valence-corrected chi connectivity index (χ1v) is 7.53. The highest BCUT2D eigenvalue weighted by Crippen LogP contribution is 2.29. The van der Waals surface area contributed by atoms with Crippen LogP contribution < -0.4 is 4.74 Å². The van der Waals surface area contributed by atoms with E-state index in [0.29, 0.717) is 5.75 Å². The van der Waals surface area contributed by atoms with Gasteiger partial charge in [0, 0.05) is 12.8 Å². The van der Waals surface area contributed by atoms with Crippen LogP contribution in [0.2, 0.25) is 5.02 Å². The lowest BCUT2D eigenvalue weighted by Gasteiger charge is -2.12. The first-order valence-electron chi connectivity index (χ1n) is 7.16. The van der Waals surface area contributed by atoms with Crippen molar-refractivity contribution in [3.63, 3.8) is 0 Å². The number of Topliss-reactive ketones (excluding diaryl/α,β-unsaturated/α-hetero) is 2. The van der Waals surface area contributed by atoms with E-state index in [1.165, 1.54) is 19.1 Å². The van der Waals surface area contributed by atoms with Crippen molar-refractivity contribution in [3.8, 4) is 5.75 Å². The quantitative estimate of drug-likeness (QED) is 0.694. The summed E-state index contributed by atoms with van der Waals surface area (Å²) in [5.74, 6) is -0.258. The summed E-state index contributed by atoms with van der Waals surface area (Å²) < 4.78 is 18.6. The molecule has 0 bridgehead atoms. The molecule has 0 saturated heterocycles. The maximum absolute atomic E-state index is 12.9. The summed E-state index contributed by atoms with van der Waals surface area (Å²) in [6, 6.07) is 10.8. The Morgan fingerprint density at radius 1 is 1.09 bits per heavy atom. The molecule has 0 spiro atoms. The Morgan fingerprint density at radius 2 is 1.78 bits per heavy atom. The van der Waals surface area contributed by atoms with Gasteiger partial charge in [0.1, 0.15) is 24.0 Å². The van der Waals surface area contributed by atoms with Crippen molar-refractivity contribution in [1.29, 1.82) is 0 Å². The zero-order valence-electron chi connectivity index (χ0n) is 12.6. The van der Waals surface area contributed by atoms with Crippen LogP contribution in [0.1, 0.15) is 35.7 Å². The van der Waals surface area contributed by atoms with E-state index in [4.69, 9.17) is 16.3 Å². The molecule has 120 valence electrons. The fourth-order valence-electron chi connectivity index (χ4n) is 2.05. The van der Waals surface area contributed by atoms with E-state index in [9.17, 15) is 14.0 Å². The molecule has 23 heavy (non-hydrogen) atoms. The fraction of sp³-hybridized carbons (Fsp3) is 0.222. The molecule has 0 unspecified atom stereocenters. The Hall–Kier alpha value is -2.20. The molecule has 0 saturated carbocycles. The summed E-state index contributed by atoms with van der Waals surface area (Å²) in [4.78, 5) is 23.3. The Morgan fingerprint density at radius 3 is 2.43 bits per heavy atom. The van der Waals surface area contributed by atoms with Crippen molar-refractivity contribution < 1.29 is 18.7 Å². The van der Waals surface area contributed by atoms with E-state index in [1.807, 2.05) is 0 Å². The Bertz CT molecular complexity index is 711. The number of carbonyl (C=O) groups excluding carboxylic acids is 2. The summed E-state index contributed by atoms with van der Waals surface area (Å²) in [6.07, 6.45) is 0.257. The minimum atomic E-state index is -0.323. The van der Waals surface area contributed by atoms with Gasteiger partial charge in [0.2, 0.25) is 0 Å². The SMILES string of the molecule is CC(=O)CCC(=O)c1c(Cl)cccc1OCc1ccc(F)cc1. The average Bonchev–Trinajstić information content (AvgIpc) is 2.52. The summed E-state index contributed by atoms with van der Waals surface area (Å²) in [7, 11) is 0. The van der Waals surface area contributed by atoms with Gasteiger partial charge in [0.15, 0.2) is 5.78 Å². The number of halogens is 2. The number of ether oxygens (including phenoxy) is 1. The third-order valence-electron chi connectivity index (χ3n) is 3.27. The molecule has 0 aromatic heterocycles. The van der Waals surface area contributed by atoms with Crippen molar-refractivity contribution in [2.75, 3.05) is 0 Å². The van der Waals surface area contributed by atoms with Gasteiger partial charge in [0.25, 0.3) is 0 Å². The molecule has 0 amide bonds. The first-order chi connectivity index (χ1) is 11.0. The van der Waals surface area contributed by atoms with Gasteiger partial charge in [-0.25, -0.2) is 4.39 Å². The van der Waals surface area contributed by atoms with Crippen LogP contribution in [0.5, 0.6) is 5.75 Å². The number of benzene rings is 2. The molecule has 0 fully saturated rings. The van der Waals surface area contributed by atoms with Gasteiger partial charge in [-0.15, -0.1) is 0 Å². The van der Waals surface area contributed by atoms with E-state index >= 15 is 0 Å². The van der Waals surface area contributed by atoms with Crippen molar-refractivity contribution in [2.24, 2.45) is 0 Å². The molecule has 0 aliphatic rings. The normalized spacial score (nSPS) is 10.4. The highest BCUT2D eigenvalue weighted by atomic mass is 35.5. The molecular weight excluding hydrogens is 319 g/mol. The van der Waals surface area contributed by atoms with E-state index in [2.05, 4.69) is 0 Å². The molecule has 3 nitrogen and oxygen atoms in total. The molecule has 2 aromatic carbocycles. The monoisotopic (exact) mass is 334 g/mol. The number of rotatable bonds is 7. The first kappa shape index (κ1) is 17.2. The van der Waals surface area contributed by atoms with E-state index in [0.717, 1.165) is 5.56 Å². The van der Waals surface area contributed by atoms with Gasteiger partial charge < -0.3 is 9.53 Å². The van der Waals surface area contributed by atoms with Crippen molar-refractivity contribution >= 4 is 23.2 Å². The Kier molecular flexibility index (Phi) is 5.88. The molecule has 0 aliphatic carbocycles. The minimum Gasteiger partial charge on any atom is -0.488 e. The molecule has 0 radical (unpaired) electrons. The van der Waals surface area contributed by atoms with Gasteiger partial charge in [-0.3, -0.25) is 4.79 Å². The third kappa shape index (κ3) is 4.89. The molecule has 0 heterocycles. The van der Waals surface area contributed by atoms with Gasteiger partial charge in [-0.2, -0.15) is 0 Å².